The predicted molar refractivity (Wildman–Crippen MR) is 80.1 cm³/mol. The molecule has 0 N–H and O–H groups in total. The van der Waals surface area contributed by atoms with Crippen molar-refractivity contribution in [3.05, 3.63) is 47.5 Å². The first-order valence-corrected chi connectivity index (χ1v) is 7.16. The van der Waals surface area contributed by atoms with Crippen LogP contribution in [0.25, 0.3) is 0 Å². The summed E-state index contributed by atoms with van der Waals surface area (Å²) >= 11 is 0. The van der Waals surface area contributed by atoms with Crippen LogP contribution in [0.4, 0.5) is 0 Å². The molecule has 118 valence electrons. The average Bonchev–Trinajstić information content (AvgIpc) is 2.46. The van der Waals surface area contributed by atoms with Crippen LogP contribution in [0.3, 0.4) is 0 Å². The number of hydrogen-bond donors (Lipinski definition) is 0. The third-order valence-corrected chi connectivity index (χ3v) is 3.32. The van der Waals surface area contributed by atoms with Crippen molar-refractivity contribution in [2.75, 3.05) is 6.61 Å². The molecule has 0 aliphatic carbocycles. The second-order valence-corrected chi connectivity index (χ2v) is 5.27. The Morgan fingerprint density at radius 1 is 1.09 bits per heavy atom. The van der Waals surface area contributed by atoms with Crippen molar-refractivity contribution in [1.29, 1.82) is 0 Å². The Labute approximate surface area is 129 Å². The summed E-state index contributed by atoms with van der Waals surface area (Å²) in [4.78, 5) is 22.2. The highest BCUT2D eigenvalue weighted by atomic mass is 16.6. The highest BCUT2D eigenvalue weighted by Crippen LogP contribution is 2.28. The van der Waals surface area contributed by atoms with Crippen LogP contribution in [0.2, 0.25) is 0 Å². The third-order valence-electron chi connectivity index (χ3n) is 3.32. The minimum atomic E-state index is -0.557. The first-order valence-electron chi connectivity index (χ1n) is 7.16. The molecule has 0 unspecified atom stereocenters. The lowest BCUT2D eigenvalue weighted by Crippen LogP contribution is -2.39. The van der Waals surface area contributed by atoms with Gasteiger partial charge in [-0.3, -0.25) is 9.59 Å². The van der Waals surface area contributed by atoms with Crippen molar-refractivity contribution >= 4 is 11.9 Å². The number of ether oxygens (including phenoxy) is 3. The molecule has 1 aromatic carbocycles. The Hall–Kier alpha value is -2.14. The molecule has 1 aliphatic heterocycles. The maximum Gasteiger partial charge on any atom is 0.303 e. The number of benzene rings is 1. The molecule has 1 aromatic rings. The van der Waals surface area contributed by atoms with Gasteiger partial charge in [-0.2, -0.15) is 0 Å². The molecule has 0 aromatic heterocycles. The van der Waals surface area contributed by atoms with E-state index in [1.54, 1.807) is 6.08 Å². The van der Waals surface area contributed by atoms with Gasteiger partial charge in [0.1, 0.15) is 24.9 Å². The summed E-state index contributed by atoms with van der Waals surface area (Å²) in [6.45, 7) is 4.72. The van der Waals surface area contributed by atoms with Crippen molar-refractivity contribution in [2.24, 2.45) is 0 Å². The molecular weight excluding hydrogens is 284 g/mol. The van der Waals surface area contributed by atoms with Gasteiger partial charge in [0, 0.05) is 13.8 Å². The number of esters is 2. The average molecular weight is 304 g/mol. The van der Waals surface area contributed by atoms with Crippen molar-refractivity contribution in [1.82, 2.24) is 0 Å². The van der Waals surface area contributed by atoms with Crippen LogP contribution in [0.5, 0.6) is 0 Å². The van der Waals surface area contributed by atoms with Gasteiger partial charge in [-0.1, -0.05) is 35.9 Å². The molecule has 5 nitrogen and oxygen atoms in total. The van der Waals surface area contributed by atoms with Gasteiger partial charge >= 0.3 is 11.9 Å². The van der Waals surface area contributed by atoms with Crippen LogP contribution >= 0.6 is 0 Å². The highest BCUT2D eigenvalue weighted by molar-refractivity contribution is 5.66. The summed E-state index contributed by atoms with van der Waals surface area (Å²) in [5.74, 6) is -0.800. The van der Waals surface area contributed by atoms with Gasteiger partial charge in [-0.25, -0.2) is 0 Å². The zero-order valence-corrected chi connectivity index (χ0v) is 12.9. The minimum absolute atomic E-state index is 0.0416. The van der Waals surface area contributed by atoms with Crippen molar-refractivity contribution < 1.29 is 23.8 Å². The number of rotatable bonds is 4. The molecule has 0 radical (unpaired) electrons. The highest BCUT2D eigenvalue weighted by Gasteiger charge is 2.31. The second kappa shape index (κ2) is 7.22. The summed E-state index contributed by atoms with van der Waals surface area (Å²) in [7, 11) is 0. The van der Waals surface area contributed by atoms with E-state index in [-0.39, 0.29) is 12.7 Å². The molecule has 5 heteroatoms. The fourth-order valence-corrected chi connectivity index (χ4v) is 2.23. The zero-order chi connectivity index (χ0) is 16.1. The molecule has 1 heterocycles. The molecule has 0 bridgehead atoms. The van der Waals surface area contributed by atoms with E-state index in [1.165, 1.54) is 13.8 Å². The van der Waals surface area contributed by atoms with Crippen molar-refractivity contribution in [3.8, 4) is 0 Å². The van der Waals surface area contributed by atoms with Crippen molar-refractivity contribution in [2.45, 2.75) is 39.1 Å². The Balaban J connectivity index is 2.13. The van der Waals surface area contributed by atoms with E-state index in [0.29, 0.717) is 0 Å². The largest absolute Gasteiger partial charge is 0.463 e. The Morgan fingerprint density at radius 2 is 1.77 bits per heavy atom. The molecule has 3 atom stereocenters. The fraction of sp³-hybridized carbons (Fsp3) is 0.412. The summed E-state index contributed by atoms with van der Waals surface area (Å²) in [6, 6.07) is 7.98. The second-order valence-electron chi connectivity index (χ2n) is 5.27. The SMILES string of the molecule is CC(=O)OC[C@H]1O[C@H](c2ccc(C)cc2)C=C[C@@H]1OC(C)=O. The lowest BCUT2D eigenvalue weighted by atomic mass is 10.0. The number of hydrogen-bond acceptors (Lipinski definition) is 5. The molecule has 0 amide bonds. The van der Waals surface area contributed by atoms with Crippen molar-refractivity contribution in [3.63, 3.8) is 0 Å². The van der Waals surface area contributed by atoms with Crippen LogP contribution in [-0.2, 0) is 23.8 Å². The van der Waals surface area contributed by atoms with E-state index in [1.807, 2.05) is 37.3 Å². The number of carbonyl (C=O) groups is 2. The van der Waals surface area contributed by atoms with E-state index in [9.17, 15) is 9.59 Å². The third kappa shape index (κ3) is 4.43. The van der Waals surface area contributed by atoms with E-state index < -0.39 is 24.1 Å². The van der Waals surface area contributed by atoms with E-state index in [2.05, 4.69) is 0 Å². The number of aryl methyl sites for hydroxylation is 1. The molecule has 22 heavy (non-hydrogen) atoms. The lowest BCUT2D eigenvalue weighted by Gasteiger charge is -2.31. The maximum atomic E-state index is 11.2. The van der Waals surface area contributed by atoms with Crippen LogP contribution in [0.1, 0.15) is 31.1 Å². The molecule has 0 saturated carbocycles. The summed E-state index contributed by atoms with van der Waals surface area (Å²) in [6.07, 6.45) is 2.29. The van der Waals surface area contributed by atoms with E-state index >= 15 is 0 Å². The fourth-order valence-electron chi connectivity index (χ4n) is 2.23. The van der Waals surface area contributed by atoms with Gasteiger partial charge in [0.05, 0.1) is 0 Å². The van der Waals surface area contributed by atoms with Gasteiger partial charge in [0.15, 0.2) is 0 Å². The van der Waals surface area contributed by atoms with Crippen LogP contribution in [0.15, 0.2) is 36.4 Å². The van der Waals surface area contributed by atoms with E-state index in [0.717, 1.165) is 11.1 Å². The van der Waals surface area contributed by atoms with E-state index in [4.69, 9.17) is 14.2 Å². The van der Waals surface area contributed by atoms with Crippen LogP contribution < -0.4 is 0 Å². The first kappa shape index (κ1) is 16.2. The molecular formula is C17H20O5. The molecule has 0 saturated heterocycles. The summed E-state index contributed by atoms with van der Waals surface area (Å²) in [5, 5.41) is 0. The normalized spacial score (nSPS) is 23.9. The summed E-state index contributed by atoms with van der Waals surface area (Å²) in [5.41, 5.74) is 2.16. The summed E-state index contributed by atoms with van der Waals surface area (Å²) < 4.78 is 16.1. The molecule has 2 rings (SSSR count). The smallest absolute Gasteiger partial charge is 0.303 e. The minimum Gasteiger partial charge on any atom is -0.463 e. The maximum absolute atomic E-state index is 11.2. The van der Waals surface area contributed by atoms with Gasteiger partial charge in [0.2, 0.25) is 0 Å². The Morgan fingerprint density at radius 3 is 2.36 bits per heavy atom. The molecule has 0 spiro atoms. The monoisotopic (exact) mass is 304 g/mol. The Bertz CT molecular complexity index is 561. The molecule has 1 aliphatic rings. The van der Waals surface area contributed by atoms with Crippen LogP contribution in [0, 0.1) is 6.92 Å². The zero-order valence-electron chi connectivity index (χ0n) is 12.9. The predicted octanol–water partition coefficient (Wildman–Crippen LogP) is 2.49. The standard InChI is InChI=1S/C17H20O5/c1-11-4-6-14(7-5-11)15-8-9-16(21-13(3)19)17(22-15)10-20-12(2)18/h4-9,15-17H,10H2,1-3H3/t15-,16-,17+/m0/s1. The Kier molecular flexibility index (Phi) is 5.33. The molecule has 0 fully saturated rings. The topological polar surface area (TPSA) is 61.8 Å². The van der Waals surface area contributed by atoms with Crippen LogP contribution in [-0.4, -0.2) is 30.8 Å². The first-order chi connectivity index (χ1) is 10.5. The van der Waals surface area contributed by atoms with Gasteiger partial charge in [0.25, 0.3) is 0 Å². The van der Waals surface area contributed by atoms with Gasteiger partial charge < -0.3 is 14.2 Å². The number of carbonyl (C=O) groups excluding carboxylic acids is 2. The van der Waals surface area contributed by atoms with Gasteiger partial charge in [-0.05, 0) is 18.6 Å². The van der Waals surface area contributed by atoms with Gasteiger partial charge in [-0.15, -0.1) is 0 Å². The quantitative estimate of drug-likeness (QED) is 0.632. The lowest BCUT2D eigenvalue weighted by molar-refractivity contribution is -0.163.